The lowest BCUT2D eigenvalue weighted by atomic mass is 10.0. The molecule has 0 saturated heterocycles. The van der Waals surface area contributed by atoms with Crippen LogP contribution in [-0.2, 0) is 11.2 Å². The number of carboxylic acid groups (broad SMARTS) is 1. The molecule has 0 aliphatic rings. The van der Waals surface area contributed by atoms with Crippen LogP contribution in [0.25, 0.3) is 22.2 Å². The second-order valence-corrected chi connectivity index (χ2v) is 5.82. The molecular formula is C17H14FNO2S. The monoisotopic (exact) mass is 315 g/mol. The first-order valence-corrected chi connectivity index (χ1v) is 7.98. The molecule has 0 fully saturated rings. The Balaban J connectivity index is 2.22. The van der Waals surface area contributed by atoms with Crippen LogP contribution < -0.4 is 0 Å². The molecular weight excluding hydrogens is 301 g/mol. The van der Waals surface area contributed by atoms with E-state index < -0.39 is 5.97 Å². The lowest BCUT2D eigenvalue weighted by molar-refractivity contribution is -0.136. The second-order valence-electron chi connectivity index (χ2n) is 4.94. The van der Waals surface area contributed by atoms with Crippen molar-refractivity contribution < 1.29 is 14.3 Å². The molecule has 3 nitrogen and oxygen atoms in total. The largest absolute Gasteiger partial charge is 0.481 e. The fourth-order valence-corrected chi connectivity index (χ4v) is 2.98. The molecule has 0 radical (unpaired) electrons. The first kappa shape index (κ1) is 14.7. The van der Waals surface area contributed by atoms with Crippen molar-refractivity contribution in [3.8, 4) is 11.3 Å². The number of carbonyl (C=O) groups is 1. The Kier molecular flexibility index (Phi) is 3.90. The molecule has 0 bridgehead atoms. The molecule has 2 N–H and O–H groups in total. The molecule has 0 atom stereocenters. The van der Waals surface area contributed by atoms with Crippen LogP contribution in [0.4, 0.5) is 4.39 Å². The molecule has 1 heterocycles. The summed E-state index contributed by atoms with van der Waals surface area (Å²) in [6.45, 7) is 0. The third-order valence-electron chi connectivity index (χ3n) is 3.60. The summed E-state index contributed by atoms with van der Waals surface area (Å²) in [5.74, 6) is -1.32. The topological polar surface area (TPSA) is 53.1 Å². The minimum Gasteiger partial charge on any atom is -0.481 e. The quantitative estimate of drug-likeness (QED) is 0.705. The van der Waals surface area contributed by atoms with Crippen molar-refractivity contribution in [3.05, 3.63) is 53.8 Å². The van der Waals surface area contributed by atoms with Gasteiger partial charge in [-0.25, -0.2) is 4.39 Å². The predicted octanol–water partition coefficient (Wildman–Crippen LogP) is 4.32. The zero-order valence-corrected chi connectivity index (χ0v) is 12.7. The van der Waals surface area contributed by atoms with Gasteiger partial charge in [0.1, 0.15) is 5.82 Å². The number of aliphatic carboxylic acids is 1. The van der Waals surface area contributed by atoms with E-state index in [1.165, 1.54) is 6.07 Å². The van der Waals surface area contributed by atoms with Gasteiger partial charge in [-0.1, -0.05) is 24.3 Å². The number of fused-ring (bicyclic) bond motifs is 1. The smallest absolute Gasteiger partial charge is 0.307 e. The van der Waals surface area contributed by atoms with Crippen molar-refractivity contribution >= 4 is 28.6 Å². The van der Waals surface area contributed by atoms with Crippen LogP contribution in [0.2, 0.25) is 0 Å². The number of rotatable bonds is 4. The van der Waals surface area contributed by atoms with Gasteiger partial charge in [-0.3, -0.25) is 4.79 Å². The molecule has 1 aromatic heterocycles. The summed E-state index contributed by atoms with van der Waals surface area (Å²) in [5, 5.41) is 9.77. The molecule has 0 amide bonds. The van der Waals surface area contributed by atoms with Crippen molar-refractivity contribution in [1.29, 1.82) is 0 Å². The van der Waals surface area contributed by atoms with E-state index in [4.69, 9.17) is 5.11 Å². The molecule has 0 aliphatic heterocycles. The third kappa shape index (κ3) is 2.60. The van der Waals surface area contributed by atoms with E-state index in [0.29, 0.717) is 22.2 Å². The molecule has 3 rings (SSSR count). The van der Waals surface area contributed by atoms with Gasteiger partial charge in [0.05, 0.1) is 17.6 Å². The third-order valence-corrected chi connectivity index (χ3v) is 4.34. The Morgan fingerprint density at radius 1 is 1.23 bits per heavy atom. The molecule has 0 saturated carbocycles. The van der Waals surface area contributed by atoms with Gasteiger partial charge in [-0.15, -0.1) is 11.8 Å². The van der Waals surface area contributed by atoms with Gasteiger partial charge in [0.25, 0.3) is 0 Å². The summed E-state index contributed by atoms with van der Waals surface area (Å²) >= 11 is 1.63. The summed E-state index contributed by atoms with van der Waals surface area (Å²) in [6.07, 6.45) is 1.84. The average molecular weight is 315 g/mol. The normalized spacial score (nSPS) is 11.0. The number of aromatic nitrogens is 1. The number of benzene rings is 2. The van der Waals surface area contributed by atoms with Crippen LogP contribution in [0.3, 0.4) is 0 Å². The van der Waals surface area contributed by atoms with Gasteiger partial charge in [0.15, 0.2) is 0 Å². The summed E-state index contributed by atoms with van der Waals surface area (Å²) in [7, 11) is 0. The minimum absolute atomic E-state index is 0.150. The molecule has 0 spiro atoms. The lowest BCUT2D eigenvalue weighted by Gasteiger charge is -2.04. The average Bonchev–Trinajstić information content (AvgIpc) is 2.87. The van der Waals surface area contributed by atoms with E-state index in [-0.39, 0.29) is 12.2 Å². The number of para-hydroxylation sites is 1. The fraction of sp³-hybridized carbons (Fsp3) is 0.118. The highest BCUT2D eigenvalue weighted by Gasteiger charge is 2.17. The molecule has 3 aromatic rings. The Morgan fingerprint density at radius 2 is 1.95 bits per heavy atom. The van der Waals surface area contributed by atoms with Gasteiger partial charge in [-0.2, -0.15) is 0 Å². The summed E-state index contributed by atoms with van der Waals surface area (Å²) in [4.78, 5) is 15.3. The number of hydrogen-bond donors (Lipinski definition) is 2. The van der Waals surface area contributed by atoms with Crippen LogP contribution in [0.15, 0.2) is 47.4 Å². The molecule has 0 unspecified atom stereocenters. The second kappa shape index (κ2) is 5.85. The number of carboxylic acids is 1. The molecule has 0 aliphatic carbocycles. The van der Waals surface area contributed by atoms with Crippen LogP contribution in [0, 0.1) is 5.82 Å². The predicted molar refractivity (Wildman–Crippen MR) is 86.8 cm³/mol. The van der Waals surface area contributed by atoms with Crippen LogP contribution >= 0.6 is 11.8 Å². The van der Waals surface area contributed by atoms with E-state index in [1.54, 1.807) is 23.9 Å². The number of halogens is 1. The molecule has 2 aromatic carbocycles. The number of hydrogen-bond acceptors (Lipinski definition) is 2. The highest BCUT2D eigenvalue weighted by Crippen LogP contribution is 2.32. The van der Waals surface area contributed by atoms with Gasteiger partial charge in [0.2, 0.25) is 0 Å². The van der Waals surface area contributed by atoms with Gasteiger partial charge < -0.3 is 10.1 Å². The van der Waals surface area contributed by atoms with Gasteiger partial charge >= 0.3 is 5.97 Å². The summed E-state index contributed by atoms with van der Waals surface area (Å²) in [6, 6.07) is 12.5. The van der Waals surface area contributed by atoms with E-state index in [9.17, 15) is 9.18 Å². The van der Waals surface area contributed by atoms with Gasteiger partial charge in [-0.05, 0) is 35.6 Å². The zero-order chi connectivity index (χ0) is 15.7. The molecule has 112 valence electrons. The lowest BCUT2D eigenvalue weighted by Crippen LogP contribution is -2.00. The highest BCUT2D eigenvalue weighted by atomic mass is 32.2. The minimum atomic E-state index is -0.938. The van der Waals surface area contributed by atoms with E-state index in [1.807, 2.05) is 30.5 Å². The first-order valence-electron chi connectivity index (χ1n) is 6.75. The zero-order valence-electron chi connectivity index (χ0n) is 11.9. The van der Waals surface area contributed by atoms with Crippen molar-refractivity contribution in [3.63, 3.8) is 0 Å². The standard InChI is InChI=1S/C17H14FNO2S/c1-22-11-7-5-10(6-8-11)16-13(9-15(20)21)12-3-2-4-14(18)17(12)19-16/h2-8,19H,9H2,1H3,(H,20,21). The molecule has 22 heavy (non-hydrogen) atoms. The van der Waals surface area contributed by atoms with Crippen molar-refractivity contribution in [1.82, 2.24) is 4.98 Å². The van der Waals surface area contributed by atoms with E-state index >= 15 is 0 Å². The van der Waals surface area contributed by atoms with E-state index in [0.717, 1.165) is 10.5 Å². The molecule has 5 heteroatoms. The van der Waals surface area contributed by atoms with Crippen LogP contribution in [0.5, 0.6) is 0 Å². The van der Waals surface area contributed by atoms with E-state index in [2.05, 4.69) is 4.98 Å². The number of aromatic amines is 1. The Morgan fingerprint density at radius 3 is 2.59 bits per heavy atom. The number of nitrogens with one attached hydrogen (secondary N) is 1. The Bertz CT molecular complexity index is 840. The Hall–Kier alpha value is -2.27. The first-order chi connectivity index (χ1) is 10.6. The highest BCUT2D eigenvalue weighted by molar-refractivity contribution is 7.98. The fourth-order valence-electron chi connectivity index (χ4n) is 2.58. The SMILES string of the molecule is CSc1ccc(-c2[nH]c3c(F)cccc3c2CC(=O)O)cc1. The number of thioether (sulfide) groups is 1. The maximum Gasteiger partial charge on any atom is 0.307 e. The van der Waals surface area contributed by atoms with Crippen molar-refractivity contribution in [2.75, 3.05) is 6.26 Å². The summed E-state index contributed by atoms with van der Waals surface area (Å²) in [5.41, 5.74) is 2.47. The van der Waals surface area contributed by atoms with Gasteiger partial charge in [0, 0.05) is 10.3 Å². The van der Waals surface area contributed by atoms with Crippen LogP contribution in [0.1, 0.15) is 5.56 Å². The summed E-state index contributed by atoms with van der Waals surface area (Å²) < 4.78 is 14.0. The Labute approximate surface area is 131 Å². The van der Waals surface area contributed by atoms with Crippen molar-refractivity contribution in [2.24, 2.45) is 0 Å². The maximum atomic E-state index is 14.0. The number of H-pyrrole nitrogens is 1. The van der Waals surface area contributed by atoms with Crippen LogP contribution in [-0.4, -0.2) is 22.3 Å². The van der Waals surface area contributed by atoms with Crippen molar-refractivity contribution in [2.45, 2.75) is 11.3 Å². The maximum absolute atomic E-state index is 14.0.